The Labute approximate surface area is 151 Å². The molecule has 7 heteroatoms. The van der Waals surface area contributed by atoms with Crippen LogP contribution in [0.4, 0.5) is 0 Å². The highest BCUT2D eigenvalue weighted by molar-refractivity contribution is 7.89. The van der Waals surface area contributed by atoms with Crippen molar-refractivity contribution in [2.75, 3.05) is 25.4 Å². The zero-order valence-corrected chi connectivity index (χ0v) is 15.9. The second-order valence-electron chi connectivity index (χ2n) is 7.92. The number of aliphatic hydroxyl groups excluding tert-OH is 1. The summed E-state index contributed by atoms with van der Waals surface area (Å²) < 4.78 is 27.4. The average Bonchev–Trinajstić information content (AvgIpc) is 2.61. The van der Waals surface area contributed by atoms with Gasteiger partial charge in [-0.05, 0) is 50.9 Å². The summed E-state index contributed by atoms with van der Waals surface area (Å²) in [5.74, 6) is 0.579. The number of sulfonamides is 1. The minimum atomic E-state index is -3.28. The molecule has 0 aromatic rings. The Morgan fingerprint density at radius 2 is 1.72 bits per heavy atom. The third kappa shape index (κ3) is 4.74. The van der Waals surface area contributed by atoms with E-state index in [9.17, 15) is 18.3 Å². The van der Waals surface area contributed by atoms with E-state index in [1.165, 1.54) is 6.42 Å². The molecule has 2 aliphatic heterocycles. The average molecular weight is 373 g/mol. The van der Waals surface area contributed by atoms with Gasteiger partial charge in [0.05, 0.1) is 11.9 Å². The van der Waals surface area contributed by atoms with Crippen LogP contribution in [0.25, 0.3) is 0 Å². The van der Waals surface area contributed by atoms with Crippen molar-refractivity contribution in [1.29, 1.82) is 0 Å². The Morgan fingerprint density at radius 3 is 2.52 bits per heavy atom. The summed E-state index contributed by atoms with van der Waals surface area (Å²) in [4.78, 5) is 13.9. The minimum absolute atomic E-state index is 0.0249. The lowest BCUT2D eigenvalue weighted by atomic mass is 9.79. The number of hydrogen-bond donors (Lipinski definition) is 1. The maximum absolute atomic E-state index is 12.8. The molecular weight excluding hydrogens is 340 g/mol. The smallest absolute Gasteiger partial charge is 0.222 e. The van der Waals surface area contributed by atoms with Crippen LogP contribution >= 0.6 is 0 Å². The molecule has 1 aliphatic carbocycles. The van der Waals surface area contributed by atoms with Gasteiger partial charge in [-0.1, -0.05) is 12.8 Å². The van der Waals surface area contributed by atoms with Gasteiger partial charge in [0, 0.05) is 32.1 Å². The molecule has 0 bridgehead atoms. The van der Waals surface area contributed by atoms with E-state index in [1.807, 2.05) is 0 Å². The molecule has 1 N–H and O–H groups in total. The highest BCUT2D eigenvalue weighted by Gasteiger charge is 2.39. The number of likely N-dealkylation sites (tertiary alicyclic amines) is 1. The first kappa shape index (κ1) is 19.1. The molecule has 6 nitrogen and oxygen atoms in total. The van der Waals surface area contributed by atoms with Gasteiger partial charge < -0.3 is 10.0 Å². The zero-order valence-electron chi connectivity index (χ0n) is 15.1. The molecule has 1 saturated carbocycles. The van der Waals surface area contributed by atoms with Crippen LogP contribution in [0.5, 0.6) is 0 Å². The fourth-order valence-electron chi connectivity index (χ4n) is 4.79. The van der Waals surface area contributed by atoms with Crippen molar-refractivity contribution in [3.8, 4) is 0 Å². The summed E-state index contributed by atoms with van der Waals surface area (Å²) in [5.41, 5.74) is 0. The number of amides is 1. The van der Waals surface area contributed by atoms with E-state index < -0.39 is 16.1 Å². The lowest BCUT2D eigenvalue weighted by molar-refractivity contribution is -0.134. The number of fused-ring (bicyclic) bond motifs is 1. The quantitative estimate of drug-likeness (QED) is 0.797. The Kier molecular flexibility index (Phi) is 6.39. The standard InChI is InChI=1S/C18H32N2O4S/c21-16-8-4-11-19(14-16)18(22)10-5-13-25(23,24)20-12-3-7-15-6-1-2-9-17(15)20/h15-17,21H,1-14H2. The van der Waals surface area contributed by atoms with Gasteiger partial charge in [0.25, 0.3) is 0 Å². The Morgan fingerprint density at radius 1 is 1.00 bits per heavy atom. The molecule has 0 aromatic heterocycles. The van der Waals surface area contributed by atoms with Crippen LogP contribution in [-0.4, -0.2) is 66.2 Å². The van der Waals surface area contributed by atoms with Gasteiger partial charge in [-0.3, -0.25) is 4.79 Å². The first-order valence-corrected chi connectivity index (χ1v) is 11.5. The molecular formula is C18H32N2O4S. The van der Waals surface area contributed by atoms with E-state index in [0.717, 1.165) is 44.9 Å². The highest BCUT2D eigenvalue weighted by Crippen LogP contribution is 2.36. The summed E-state index contributed by atoms with van der Waals surface area (Å²) in [5, 5.41) is 9.67. The number of nitrogens with zero attached hydrogens (tertiary/aromatic N) is 2. The summed E-state index contributed by atoms with van der Waals surface area (Å²) in [6.07, 6.45) is 8.40. The van der Waals surface area contributed by atoms with Crippen LogP contribution in [0.2, 0.25) is 0 Å². The highest BCUT2D eigenvalue weighted by atomic mass is 32.2. The third-order valence-electron chi connectivity index (χ3n) is 6.09. The van der Waals surface area contributed by atoms with Gasteiger partial charge in [-0.2, -0.15) is 4.31 Å². The van der Waals surface area contributed by atoms with Crippen molar-refractivity contribution in [1.82, 2.24) is 9.21 Å². The van der Waals surface area contributed by atoms with Crippen molar-refractivity contribution >= 4 is 15.9 Å². The van der Waals surface area contributed by atoms with Gasteiger partial charge in [-0.25, -0.2) is 8.42 Å². The SMILES string of the molecule is O=C(CCCS(=O)(=O)N1CCCC2CCCCC21)N1CCCC(O)C1. The molecule has 3 aliphatic rings. The maximum atomic E-state index is 12.8. The number of β-amino-alcohol motifs (C(OH)–C–C–N with tert-alkyl or cyclic N) is 1. The second-order valence-corrected chi connectivity index (χ2v) is 9.96. The molecule has 2 saturated heterocycles. The minimum Gasteiger partial charge on any atom is -0.391 e. The molecule has 0 radical (unpaired) electrons. The number of aliphatic hydroxyl groups is 1. The van der Waals surface area contributed by atoms with Gasteiger partial charge in [0.15, 0.2) is 0 Å². The number of carbonyl (C=O) groups excluding carboxylic acids is 1. The van der Waals surface area contributed by atoms with Crippen LogP contribution < -0.4 is 0 Å². The zero-order chi connectivity index (χ0) is 17.9. The van der Waals surface area contributed by atoms with Crippen LogP contribution in [0.3, 0.4) is 0 Å². The van der Waals surface area contributed by atoms with Crippen LogP contribution in [0, 0.1) is 5.92 Å². The normalized spacial score (nSPS) is 31.6. The first-order chi connectivity index (χ1) is 12.0. The van der Waals surface area contributed by atoms with E-state index in [-0.39, 0.29) is 24.1 Å². The van der Waals surface area contributed by atoms with Crippen LogP contribution in [-0.2, 0) is 14.8 Å². The molecule has 144 valence electrons. The van der Waals surface area contributed by atoms with E-state index in [0.29, 0.717) is 32.0 Å². The van der Waals surface area contributed by atoms with Crippen molar-refractivity contribution in [2.45, 2.75) is 76.4 Å². The van der Waals surface area contributed by atoms with E-state index in [4.69, 9.17) is 0 Å². The summed E-state index contributed by atoms with van der Waals surface area (Å²) in [7, 11) is -3.28. The van der Waals surface area contributed by atoms with Gasteiger partial charge in [0.2, 0.25) is 15.9 Å². The van der Waals surface area contributed by atoms with Crippen LogP contribution in [0.1, 0.15) is 64.2 Å². The molecule has 0 spiro atoms. The predicted molar refractivity (Wildman–Crippen MR) is 96.5 cm³/mol. The van der Waals surface area contributed by atoms with Crippen molar-refractivity contribution in [3.05, 3.63) is 0 Å². The van der Waals surface area contributed by atoms with E-state index in [1.54, 1.807) is 9.21 Å². The molecule has 3 fully saturated rings. The van der Waals surface area contributed by atoms with Gasteiger partial charge in [-0.15, -0.1) is 0 Å². The number of hydrogen-bond acceptors (Lipinski definition) is 4. The molecule has 3 rings (SSSR count). The monoisotopic (exact) mass is 372 g/mol. The largest absolute Gasteiger partial charge is 0.391 e. The molecule has 25 heavy (non-hydrogen) atoms. The van der Waals surface area contributed by atoms with Crippen molar-refractivity contribution < 1.29 is 18.3 Å². The molecule has 0 aromatic carbocycles. The fraction of sp³-hybridized carbons (Fsp3) is 0.944. The van der Waals surface area contributed by atoms with Gasteiger partial charge >= 0.3 is 0 Å². The maximum Gasteiger partial charge on any atom is 0.222 e. The van der Waals surface area contributed by atoms with Crippen molar-refractivity contribution in [2.24, 2.45) is 5.92 Å². The second kappa shape index (κ2) is 8.35. The predicted octanol–water partition coefficient (Wildman–Crippen LogP) is 1.73. The lowest BCUT2D eigenvalue weighted by Gasteiger charge is -2.43. The number of rotatable bonds is 5. The third-order valence-corrected chi connectivity index (χ3v) is 8.06. The van der Waals surface area contributed by atoms with E-state index >= 15 is 0 Å². The Balaban J connectivity index is 1.50. The van der Waals surface area contributed by atoms with E-state index in [2.05, 4.69) is 0 Å². The lowest BCUT2D eigenvalue weighted by Crippen LogP contribution is -2.50. The van der Waals surface area contributed by atoms with Gasteiger partial charge in [0.1, 0.15) is 0 Å². The summed E-state index contributed by atoms with van der Waals surface area (Å²) in [6.45, 7) is 1.72. The molecule has 2 heterocycles. The summed E-state index contributed by atoms with van der Waals surface area (Å²) >= 11 is 0. The van der Waals surface area contributed by atoms with Crippen LogP contribution in [0.15, 0.2) is 0 Å². The molecule has 3 atom stereocenters. The summed E-state index contributed by atoms with van der Waals surface area (Å²) in [6, 6.07) is 0.195. The molecule has 3 unspecified atom stereocenters. The molecule has 1 amide bonds. The number of carbonyl (C=O) groups is 1. The first-order valence-electron chi connectivity index (χ1n) is 9.93. The number of piperidine rings is 2. The Bertz CT molecular complexity index is 563. The van der Waals surface area contributed by atoms with Crippen molar-refractivity contribution in [3.63, 3.8) is 0 Å². The Hall–Kier alpha value is -0.660. The fourth-order valence-corrected chi connectivity index (χ4v) is 6.63. The topological polar surface area (TPSA) is 77.9 Å².